The lowest BCUT2D eigenvalue weighted by molar-refractivity contribution is -0.137. The summed E-state index contributed by atoms with van der Waals surface area (Å²) in [5, 5.41) is 13.3. The van der Waals surface area contributed by atoms with Gasteiger partial charge in [0, 0.05) is 13.1 Å². The van der Waals surface area contributed by atoms with Crippen LogP contribution in [0.5, 0.6) is 11.5 Å². The van der Waals surface area contributed by atoms with Crippen molar-refractivity contribution in [3.63, 3.8) is 0 Å². The zero-order chi connectivity index (χ0) is 23.5. The van der Waals surface area contributed by atoms with Crippen LogP contribution >= 0.6 is 0 Å². The van der Waals surface area contributed by atoms with Gasteiger partial charge in [-0.3, -0.25) is 9.59 Å². The molecule has 2 amide bonds. The molecule has 3 rings (SSSR count). The van der Waals surface area contributed by atoms with Gasteiger partial charge in [-0.25, -0.2) is 5.43 Å². The summed E-state index contributed by atoms with van der Waals surface area (Å²) in [6, 6.07) is 15.9. The molecular weight excluding hydrogens is 424 g/mol. The monoisotopic (exact) mass is 450 g/mol. The maximum Gasteiger partial charge on any atom is 0.261 e. The van der Waals surface area contributed by atoms with E-state index in [1.807, 2.05) is 19.1 Å². The third kappa shape index (κ3) is 6.79. The van der Waals surface area contributed by atoms with Crippen molar-refractivity contribution in [2.45, 2.75) is 12.8 Å². The Bertz CT molecular complexity index is 1010. The number of hydrogen-bond acceptors (Lipinski definition) is 7. The van der Waals surface area contributed by atoms with E-state index in [1.165, 1.54) is 6.21 Å². The van der Waals surface area contributed by atoms with Crippen molar-refractivity contribution in [2.24, 2.45) is 5.10 Å². The number of ether oxygens (including phenoxy) is 3. The highest BCUT2D eigenvalue weighted by Crippen LogP contribution is 2.28. The summed E-state index contributed by atoms with van der Waals surface area (Å²) in [5.74, 6) is -0.691. The van der Waals surface area contributed by atoms with Gasteiger partial charge in [-0.05, 0) is 36.2 Å². The average Bonchev–Trinajstić information content (AvgIpc) is 2.85. The molecule has 0 bridgehead atoms. The second-order valence-corrected chi connectivity index (χ2v) is 7.13. The van der Waals surface area contributed by atoms with Gasteiger partial charge in [0.1, 0.15) is 0 Å². The lowest BCUT2D eigenvalue weighted by Crippen LogP contribution is -2.43. The summed E-state index contributed by atoms with van der Waals surface area (Å²) in [7, 11) is 0. The summed E-state index contributed by atoms with van der Waals surface area (Å²) in [5.41, 5.74) is 3.65. The van der Waals surface area contributed by atoms with Gasteiger partial charge in [0.25, 0.3) is 11.8 Å². The summed E-state index contributed by atoms with van der Waals surface area (Å²) in [4.78, 5) is 26.4. The van der Waals surface area contributed by atoms with E-state index in [1.54, 1.807) is 47.4 Å². The number of hydrazone groups is 1. The average molecular weight is 450 g/mol. The number of nitrogens with zero attached hydrogens (tertiary/aromatic N) is 3. The fraction of sp³-hybridized carbons (Fsp3) is 0.333. The van der Waals surface area contributed by atoms with E-state index in [2.05, 4.69) is 10.5 Å². The molecule has 1 aliphatic rings. The molecule has 9 heteroatoms. The maximum absolute atomic E-state index is 12.3. The highest BCUT2D eigenvalue weighted by atomic mass is 16.5. The van der Waals surface area contributed by atoms with Gasteiger partial charge < -0.3 is 19.1 Å². The predicted molar refractivity (Wildman–Crippen MR) is 121 cm³/mol. The normalized spacial score (nSPS) is 14.4. The van der Waals surface area contributed by atoms with Crippen molar-refractivity contribution in [3.05, 3.63) is 59.7 Å². The fourth-order valence-electron chi connectivity index (χ4n) is 3.20. The Labute approximate surface area is 192 Å². The van der Waals surface area contributed by atoms with Crippen LogP contribution in [0.4, 0.5) is 0 Å². The molecule has 172 valence electrons. The first-order valence-electron chi connectivity index (χ1n) is 10.6. The first-order chi connectivity index (χ1) is 16.1. The SMILES string of the molecule is CCOc1cc(/C=N\NC(=O)[C@@H](C#N)c2ccccc2)ccc1OCC(=O)N1CCOCC1. The number of benzene rings is 2. The van der Waals surface area contributed by atoms with Gasteiger partial charge in [-0.1, -0.05) is 30.3 Å². The zero-order valence-corrected chi connectivity index (χ0v) is 18.4. The van der Waals surface area contributed by atoms with Gasteiger partial charge in [0.2, 0.25) is 0 Å². The van der Waals surface area contributed by atoms with Crippen LogP contribution in [0.1, 0.15) is 24.0 Å². The third-order valence-electron chi connectivity index (χ3n) is 4.90. The molecule has 0 aromatic heterocycles. The molecule has 2 aromatic rings. The number of nitriles is 1. The molecule has 0 aliphatic carbocycles. The molecule has 0 unspecified atom stereocenters. The number of nitrogens with one attached hydrogen (secondary N) is 1. The number of rotatable bonds is 9. The van der Waals surface area contributed by atoms with Crippen molar-refractivity contribution in [3.8, 4) is 17.6 Å². The van der Waals surface area contributed by atoms with Crippen LogP contribution in [0.3, 0.4) is 0 Å². The van der Waals surface area contributed by atoms with Crippen LogP contribution in [0.25, 0.3) is 0 Å². The molecule has 1 fully saturated rings. The van der Waals surface area contributed by atoms with Crippen molar-refractivity contribution in [1.82, 2.24) is 10.3 Å². The van der Waals surface area contributed by atoms with Crippen LogP contribution in [-0.4, -0.2) is 62.4 Å². The predicted octanol–water partition coefficient (Wildman–Crippen LogP) is 2.08. The molecule has 1 heterocycles. The van der Waals surface area contributed by atoms with Gasteiger partial charge in [0.05, 0.1) is 32.1 Å². The van der Waals surface area contributed by atoms with E-state index < -0.39 is 11.8 Å². The first-order valence-corrected chi connectivity index (χ1v) is 10.6. The van der Waals surface area contributed by atoms with Crippen LogP contribution in [-0.2, 0) is 14.3 Å². The Balaban J connectivity index is 1.60. The second-order valence-electron chi connectivity index (χ2n) is 7.13. The van der Waals surface area contributed by atoms with Crippen LogP contribution in [0.15, 0.2) is 53.6 Å². The maximum atomic E-state index is 12.3. The Morgan fingerprint density at radius 2 is 1.94 bits per heavy atom. The van der Waals surface area contributed by atoms with Crippen molar-refractivity contribution in [2.75, 3.05) is 39.5 Å². The lowest BCUT2D eigenvalue weighted by atomic mass is 10.0. The van der Waals surface area contributed by atoms with E-state index in [-0.39, 0.29) is 12.5 Å². The highest BCUT2D eigenvalue weighted by molar-refractivity contribution is 5.88. The van der Waals surface area contributed by atoms with E-state index >= 15 is 0 Å². The van der Waals surface area contributed by atoms with Crippen molar-refractivity contribution in [1.29, 1.82) is 5.26 Å². The van der Waals surface area contributed by atoms with Gasteiger partial charge in [-0.2, -0.15) is 10.4 Å². The summed E-state index contributed by atoms with van der Waals surface area (Å²) < 4.78 is 16.6. The number of carbonyl (C=O) groups is 2. The van der Waals surface area contributed by atoms with Gasteiger partial charge >= 0.3 is 0 Å². The minimum atomic E-state index is -0.956. The Morgan fingerprint density at radius 3 is 2.64 bits per heavy atom. The van der Waals surface area contributed by atoms with E-state index in [9.17, 15) is 14.9 Å². The molecule has 1 aliphatic heterocycles. The van der Waals surface area contributed by atoms with Gasteiger partial charge in [0.15, 0.2) is 24.0 Å². The fourth-order valence-corrected chi connectivity index (χ4v) is 3.20. The third-order valence-corrected chi connectivity index (χ3v) is 4.90. The number of amides is 2. The van der Waals surface area contributed by atoms with E-state index in [0.717, 1.165) is 0 Å². The Hall–Kier alpha value is -3.90. The molecular formula is C24H26N4O5. The standard InChI is InChI=1S/C24H26N4O5/c1-2-32-22-14-18(8-9-21(22)33-17-23(29)28-10-12-31-13-11-28)16-26-27-24(30)20(15-25)19-6-4-3-5-7-19/h3-9,14,16,20H,2,10-13,17H2,1H3,(H,27,30)/b26-16-/t20-/m0/s1. The lowest BCUT2D eigenvalue weighted by Gasteiger charge is -2.26. The van der Waals surface area contributed by atoms with Crippen molar-refractivity contribution < 1.29 is 23.8 Å². The molecule has 9 nitrogen and oxygen atoms in total. The van der Waals surface area contributed by atoms with Crippen LogP contribution in [0, 0.1) is 11.3 Å². The largest absolute Gasteiger partial charge is 0.490 e. The molecule has 33 heavy (non-hydrogen) atoms. The van der Waals surface area contributed by atoms with Crippen LogP contribution < -0.4 is 14.9 Å². The Morgan fingerprint density at radius 1 is 1.18 bits per heavy atom. The minimum Gasteiger partial charge on any atom is -0.490 e. The number of carbonyl (C=O) groups excluding carboxylic acids is 2. The molecule has 2 aromatic carbocycles. The van der Waals surface area contributed by atoms with E-state index in [0.29, 0.717) is 55.5 Å². The highest BCUT2D eigenvalue weighted by Gasteiger charge is 2.20. The summed E-state index contributed by atoms with van der Waals surface area (Å²) >= 11 is 0. The smallest absolute Gasteiger partial charge is 0.261 e. The second kappa shape index (κ2) is 12.2. The molecule has 0 spiro atoms. The Kier molecular flexibility index (Phi) is 8.79. The quantitative estimate of drug-likeness (QED) is 0.462. The molecule has 0 radical (unpaired) electrons. The molecule has 0 saturated carbocycles. The molecule has 1 saturated heterocycles. The zero-order valence-electron chi connectivity index (χ0n) is 18.4. The summed E-state index contributed by atoms with van der Waals surface area (Å²) in [6.07, 6.45) is 1.45. The van der Waals surface area contributed by atoms with Gasteiger partial charge in [-0.15, -0.1) is 0 Å². The minimum absolute atomic E-state index is 0.0986. The molecule has 1 N–H and O–H groups in total. The van der Waals surface area contributed by atoms with Crippen LogP contribution in [0.2, 0.25) is 0 Å². The number of hydrogen-bond donors (Lipinski definition) is 1. The molecule has 1 atom stereocenters. The number of morpholine rings is 1. The van der Waals surface area contributed by atoms with Crippen molar-refractivity contribution >= 4 is 18.0 Å². The topological polar surface area (TPSA) is 113 Å². The first kappa shape index (κ1) is 23.8. The van der Waals surface area contributed by atoms with E-state index in [4.69, 9.17) is 14.2 Å². The summed E-state index contributed by atoms with van der Waals surface area (Å²) in [6.45, 7) is 4.32.